The molecule has 7 heteroatoms. The first kappa shape index (κ1) is 17.9. The Kier molecular flexibility index (Phi) is 5.44. The van der Waals surface area contributed by atoms with E-state index in [2.05, 4.69) is 0 Å². The molecule has 1 aliphatic carbocycles. The largest absolute Gasteiger partial charge is 0.479 e. The van der Waals surface area contributed by atoms with Crippen molar-refractivity contribution in [2.45, 2.75) is 44.8 Å². The molecule has 0 bridgehead atoms. The second-order valence-electron chi connectivity index (χ2n) is 6.16. The highest BCUT2D eigenvalue weighted by molar-refractivity contribution is 8.26. The maximum atomic E-state index is 12.7. The molecule has 2 aliphatic rings. The van der Waals surface area contributed by atoms with Gasteiger partial charge in [0.05, 0.1) is 4.91 Å². The van der Waals surface area contributed by atoms with Crippen molar-refractivity contribution < 1.29 is 19.4 Å². The van der Waals surface area contributed by atoms with Gasteiger partial charge in [0, 0.05) is 6.04 Å². The number of benzene rings is 1. The third kappa shape index (κ3) is 4.04. The molecule has 25 heavy (non-hydrogen) atoms. The molecule has 1 saturated carbocycles. The molecule has 0 aromatic heterocycles. The van der Waals surface area contributed by atoms with E-state index in [0.29, 0.717) is 15.0 Å². The van der Waals surface area contributed by atoms with E-state index in [1.807, 2.05) is 6.08 Å². The van der Waals surface area contributed by atoms with Crippen molar-refractivity contribution in [3.05, 3.63) is 34.7 Å². The van der Waals surface area contributed by atoms with Gasteiger partial charge in [0.25, 0.3) is 5.91 Å². The molecule has 3 rings (SSSR count). The van der Waals surface area contributed by atoms with Gasteiger partial charge >= 0.3 is 5.97 Å². The summed E-state index contributed by atoms with van der Waals surface area (Å²) in [5.74, 6) is -0.549. The number of rotatable bonds is 5. The van der Waals surface area contributed by atoms with Crippen LogP contribution in [-0.2, 0) is 9.59 Å². The fraction of sp³-hybridized carbons (Fsp3) is 0.389. The topological polar surface area (TPSA) is 66.8 Å². The fourth-order valence-corrected chi connectivity index (χ4v) is 4.41. The van der Waals surface area contributed by atoms with Crippen LogP contribution >= 0.6 is 24.0 Å². The molecule has 1 aromatic carbocycles. The first-order chi connectivity index (χ1) is 12.0. The standard InChI is InChI=1S/C18H19NO4S2/c1-11(17(21)22)23-14-8-6-12(7-9-14)10-15-16(20)19(18(24)25-15)13-4-2-3-5-13/h6-11,13H,2-5H2,1H3,(H,21,22)/b15-10+. The highest BCUT2D eigenvalue weighted by Gasteiger charge is 2.37. The number of hydrogen-bond acceptors (Lipinski definition) is 5. The van der Waals surface area contributed by atoms with Crippen molar-refractivity contribution in [2.75, 3.05) is 0 Å². The Bertz CT molecular complexity index is 723. The van der Waals surface area contributed by atoms with Crippen LogP contribution in [-0.4, -0.2) is 38.3 Å². The number of carbonyl (C=O) groups is 2. The normalized spacial score (nSPS) is 21.2. The zero-order valence-corrected chi connectivity index (χ0v) is 15.4. The minimum absolute atomic E-state index is 0.0123. The number of carboxylic acid groups (broad SMARTS) is 1. The first-order valence-corrected chi connectivity index (χ1v) is 9.45. The average molecular weight is 377 g/mol. The number of thiocarbonyl (C=S) groups is 1. The van der Waals surface area contributed by atoms with Gasteiger partial charge in [0.2, 0.25) is 0 Å². The SMILES string of the molecule is CC(Oc1ccc(/C=C2/SC(=S)N(C3CCCC3)C2=O)cc1)C(=O)O. The Morgan fingerprint density at radius 1 is 1.36 bits per heavy atom. The Balaban J connectivity index is 1.71. The number of amides is 1. The number of nitrogens with zero attached hydrogens (tertiary/aromatic N) is 1. The van der Waals surface area contributed by atoms with Crippen LogP contribution in [0.25, 0.3) is 6.08 Å². The second-order valence-corrected chi connectivity index (χ2v) is 7.83. The lowest BCUT2D eigenvalue weighted by molar-refractivity contribution is -0.144. The molecule has 0 spiro atoms. The molecule has 1 aliphatic heterocycles. The number of carboxylic acids is 1. The van der Waals surface area contributed by atoms with Crippen LogP contribution in [0.3, 0.4) is 0 Å². The van der Waals surface area contributed by atoms with Gasteiger partial charge in [-0.15, -0.1) is 0 Å². The van der Waals surface area contributed by atoms with E-state index in [0.717, 1.165) is 31.2 Å². The van der Waals surface area contributed by atoms with Gasteiger partial charge in [-0.05, 0) is 43.5 Å². The summed E-state index contributed by atoms with van der Waals surface area (Å²) >= 11 is 6.73. The number of hydrogen-bond donors (Lipinski definition) is 1. The minimum atomic E-state index is -1.01. The third-order valence-corrected chi connectivity index (χ3v) is 5.68. The monoisotopic (exact) mass is 377 g/mol. The smallest absolute Gasteiger partial charge is 0.344 e. The first-order valence-electron chi connectivity index (χ1n) is 8.22. The Hall–Kier alpha value is -1.86. The van der Waals surface area contributed by atoms with Crippen molar-refractivity contribution in [2.24, 2.45) is 0 Å². The maximum Gasteiger partial charge on any atom is 0.344 e. The summed E-state index contributed by atoms with van der Waals surface area (Å²) < 4.78 is 5.94. The van der Waals surface area contributed by atoms with Gasteiger partial charge in [-0.1, -0.05) is 49.0 Å². The van der Waals surface area contributed by atoms with Crippen molar-refractivity contribution in [3.63, 3.8) is 0 Å². The zero-order valence-electron chi connectivity index (χ0n) is 13.8. The number of carbonyl (C=O) groups excluding carboxylic acids is 1. The molecular weight excluding hydrogens is 358 g/mol. The predicted molar refractivity (Wildman–Crippen MR) is 101 cm³/mol. The van der Waals surface area contributed by atoms with Gasteiger partial charge in [-0.2, -0.15) is 0 Å². The van der Waals surface area contributed by atoms with Crippen LogP contribution in [0.2, 0.25) is 0 Å². The Morgan fingerprint density at radius 3 is 2.60 bits per heavy atom. The van der Waals surface area contributed by atoms with Crippen molar-refractivity contribution >= 4 is 46.3 Å². The van der Waals surface area contributed by atoms with Gasteiger partial charge < -0.3 is 9.84 Å². The van der Waals surface area contributed by atoms with E-state index in [1.54, 1.807) is 29.2 Å². The van der Waals surface area contributed by atoms with Crippen LogP contribution in [0.4, 0.5) is 0 Å². The Labute approximate surface area is 156 Å². The quantitative estimate of drug-likeness (QED) is 0.624. The maximum absolute atomic E-state index is 12.7. The molecule has 1 unspecified atom stereocenters. The molecule has 0 radical (unpaired) electrons. The molecule has 1 atom stereocenters. The molecule has 1 N–H and O–H groups in total. The van der Waals surface area contributed by atoms with E-state index in [1.165, 1.54) is 18.7 Å². The number of thioether (sulfide) groups is 1. The lowest BCUT2D eigenvalue weighted by Crippen LogP contribution is -2.36. The summed E-state index contributed by atoms with van der Waals surface area (Å²) in [4.78, 5) is 25.9. The summed E-state index contributed by atoms with van der Waals surface area (Å²) in [5, 5.41) is 8.86. The van der Waals surface area contributed by atoms with Crippen LogP contribution in [0, 0.1) is 0 Å². The van der Waals surface area contributed by atoms with Crippen LogP contribution in [0.1, 0.15) is 38.2 Å². The Morgan fingerprint density at radius 2 is 2.00 bits per heavy atom. The van der Waals surface area contributed by atoms with E-state index in [-0.39, 0.29) is 11.9 Å². The van der Waals surface area contributed by atoms with E-state index < -0.39 is 12.1 Å². The molecule has 1 heterocycles. The highest BCUT2D eigenvalue weighted by Crippen LogP contribution is 2.37. The van der Waals surface area contributed by atoms with Gasteiger partial charge in [0.15, 0.2) is 6.10 Å². The van der Waals surface area contributed by atoms with Crippen molar-refractivity contribution in [1.82, 2.24) is 4.90 Å². The van der Waals surface area contributed by atoms with Crippen LogP contribution in [0.15, 0.2) is 29.2 Å². The molecule has 1 aromatic rings. The van der Waals surface area contributed by atoms with E-state index in [4.69, 9.17) is 22.1 Å². The summed E-state index contributed by atoms with van der Waals surface area (Å²) in [6.45, 7) is 1.48. The number of ether oxygens (including phenoxy) is 1. The molecule has 1 saturated heterocycles. The lowest BCUT2D eigenvalue weighted by Gasteiger charge is -2.21. The number of aliphatic carboxylic acids is 1. The zero-order chi connectivity index (χ0) is 18.0. The minimum Gasteiger partial charge on any atom is -0.479 e. The molecule has 1 amide bonds. The molecule has 132 valence electrons. The predicted octanol–water partition coefficient (Wildman–Crippen LogP) is 3.68. The van der Waals surface area contributed by atoms with Crippen LogP contribution in [0.5, 0.6) is 5.75 Å². The molecular formula is C18H19NO4S2. The highest BCUT2D eigenvalue weighted by atomic mass is 32.2. The summed E-state index contributed by atoms with van der Waals surface area (Å²) in [6.07, 6.45) is 5.25. The lowest BCUT2D eigenvalue weighted by atomic mass is 10.2. The second kappa shape index (κ2) is 7.58. The van der Waals surface area contributed by atoms with Gasteiger partial charge in [-0.25, -0.2) is 4.79 Å². The summed E-state index contributed by atoms with van der Waals surface area (Å²) in [6, 6.07) is 7.23. The summed E-state index contributed by atoms with van der Waals surface area (Å²) in [5.41, 5.74) is 0.849. The van der Waals surface area contributed by atoms with Gasteiger partial charge in [-0.3, -0.25) is 9.69 Å². The van der Waals surface area contributed by atoms with Crippen molar-refractivity contribution in [1.29, 1.82) is 0 Å². The van der Waals surface area contributed by atoms with Crippen LogP contribution < -0.4 is 4.74 Å². The third-order valence-electron chi connectivity index (χ3n) is 4.35. The molecule has 2 fully saturated rings. The fourth-order valence-electron chi connectivity index (χ4n) is 3.01. The van der Waals surface area contributed by atoms with Gasteiger partial charge in [0.1, 0.15) is 10.1 Å². The average Bonchev–Trinajstić information content (AvgIpc) is 3.18. The molecule has 5 nitrogen and oxygen atoms in total. The van der Waals surface area contributed by atoms with E-state index in [9.17, 15) is 9.59 Å². The summed E-state index contributed by atoms with van der Waals surface area (Å²) in [7, 11) is 0. The van der Waals surface area contributed by atoms with Crippen molar-refractivity contribution in [3.8, 4) is 5.75 Å². The van der Waals surface area contributed by atoms with E-state index >= 15 is 0 Å².